The van der Waals surface area contributed by atoms with E-state index in [9.17, 15) is 4.79 Å². The van der Waals surface area contributed by atoms with E-state index in [1.54, 1.807) is 6.07 Å². The molecule has 1 unspecified atom stereocenters. The summed E-state index contributed by atoms with van der Waals surface area (Å²) in [5.74, 6) is 0.322. The van der Waals surface area contributed by atoms with Gasteiger partial charge in [0.05, 0.1) is 6.04 Å². The van der Waals surface area contributed by atoms with Gasteiger partial charge in [-0.1, -0.05) is 11.3 Å². The van der Waals surface area contributed by atoms with Crippen molar-refractivity contribution in [1.29, 1.82) is 0 Å². The largest absolute Gasteiger partial charge is 0.342 e. The summed E-state index contributed by atoms with van der Waals surface area (Å²) in [4.78, 5) is 12.0. The molecule has 0 saturated carbocycles. The summed E-state index contributed by atoms with van der Waals surface area (Å²) < 4.78 is 0. The zero-order valence-electron chi connectivity index (χ0n) is 10.6. The number of rotatable bonds is 3. The monoisotopic (exact) mass is 245 g/mol. The second-order valence-electron chi connectivity index (χ2n) is 4.26. The number of hydrogen-bond donors (Lipinski definition) is 2. The molecule has 6 heteroatoms. The number of aromatic nitrogens is 4. The lowest BCUT2D eigenvalue weighted by Crippen LogP contribution is -2.27. The third-order valence-corrected chi connectivity index (χ3v) is 2.87. The molecule has 0 bridgehead atoms. The third-order valence-electron chi connectivity index (χ3n) is 2.87. The molecule has 1 aromatic carbocycles. The molecule has 94 valence electrons. The molecule has 18 heavy (non-hydrogen) atoms. The van der Waals surface area contributed by atoms with Gasteiger partial charge in [0.15, 0.2) is 5.82 Å². The van der Waals surface area contributed by atoms with Gasteiger partial charge in [0.1, 0.15) is 0 Å². The van der Waals surface area contributed by atoms with Gasteiger partial charge < -0.3 is 5.32 Å². The molecule has 0 fully saturated rings. The summed E-state index contributed by atoms with van der Waals surface area (Å²) in [5, 5.41) is 16.3. The number of nitrogens with zero attached hydrogens (tertiary/aromatic N) is 3. The molecule has 0 aliphatic heterocycles. The minimum atomic E-state index is -0.280. The number of aryl methyl sites for hydroxylation is 2. The molecule has 2 aromatic rings. The lowest BCUT2D eigenvalue weighted by Gasteiger charge is -2.10. The lowest BCUT2D eigenvalue weighted by molar-refractivity contribution is 0.0938. The number of hydrogen-bond acceptors (Lipinski definition) is 4. The van der Waals surface area contributed by atoms with Gasteiger partial charge in [0.25, 0.3) is 5.91 Å². The molecule has 0 saturated heterocycles. The van der Waals surface area contributed by atoms with Crippen LogP contribution in [-0.4, -0.2) is 26.5 Å². The fraction of sp³-hybridized carbons (Fsp3) is 0.333. The Labute approximate surface area is 105 Å². The zero-order chi connectivity index (χ0) is 13.1. The van der Waals surface area contributed by atoms with Crippen LogP contribution in [0.3, 0.4) is 0 Å². The highest BCUT2D eigenvalue weighted by Gasteiger charge is 2.14. The van der Waals surface area contributed by atoms with E-state index < -0.39 is 0 Å². The molecule has 1 amide bonds. The van der Waals surface area contributed by atoms with Gasteiger partial charge in [-0.05, 0) is 44.0 Å². The molecule has 0 spiro atoms. The molecule has 2 N–H and O–H groups in total. The fourth-order valence-corrected chi connectivity index (χ4v) is 1.58. The van der Waals surface area contributed by atoms with E-state index in [0.717, 1.165) is 11.1 Å². The topological polar surface area (TPSA) is 83.6 Å². The number of tetrazole rings is 1. The Balaban J connectivity index is 2.10. The third kappa shape index (κ3) is 2.53. The maximum atomic E-state index is 12.0. The molecule has 6 nitrogen and oxygen atoms in total. The van der Waals surface area contributed by atoms with Crippen molar-refractivity contribution in [3.05, 3.63) is 40.7 Å². The van der Waals surface area contributed by atoms with Crippen LogP contribution >= 0.6 is 0 Å². The van der Waals surface area contributed by atoms with Crippen LogP contribution < -0.4 is 5.32 Å². The van der Waals surface area contributed by atoms with Crippen LogP contribution in [0.15, 0.2) is 18.2 Å². The van der Waals surface area contributed by atoms with Gasteiger partial charge in [-0.2, -0.15) is 5.21 Å². The van der Waals surface area contributed by atoms with Crippen LogP contribution in [0, 0.1) is 13.8 Å². The number of nitrogens with one attached hydrogen (secondary N) is 2. The van der Waals surface area contributed by atoms with E-state index in [-0.39, 0.29) is 11.9 Å². The van der Waals surface area contributed by atoms with Crippen molar-refractivity contribution in [2.45, 2.75) is 26.8 Å². The first-order valence-electron chi connectivity index (χ1n) is 5.69. The van der Waals surface area contributed by atoms with E-state index >= 15 is 0 Å². The number of amides is 1. The zero-order valence-corrected chi connectivity index (χ0v) is 10.6. The Morgan fingerprint density at radius 2 is 2.11 bits per heavy atom. The van der Waals surface area contributed by atoms with Crippen molar-refractivity contribution in [2.75, 3.05) is 0 Å². The Hall–Kier alpha value is -2.24. The summed E-state index contributed by atoms with van der Waals surface area (Å²) in [6, 6.07) is 5.33. The van der Waals surface area contributed by atoms with E-state index in [4.69, 9.17) is 0 Å². The Bertz CT molecular complexity index is 550. The number of carbonyl (C=O) groups is 1. The van der Waals surface area contributed by atoms with Gasteiger partial charge in [0.2, 0.25) is 0 Å². The van der Waals surface area contributed by atoms with Crippen LogP contribution in [0.2, 0.25) is 0 Å². The van der Waals surface area contributed by atoms with Crippen molar-refractivity contribution in [1.82, 2.24) is 25.9 Å². The van der Waals surface area contributed by atoms with Crippen molar-refractivity contribution >= 4 is 5.91 Å². The molecular formula is C12H15N5O. The normalized spacial score (nSPS) is 12.2. The van der Waals surface area contributed by atoms with E-state index in [0.29, 0.717) is 11.4 Å². The smallest absolute Gasteiger partial charge is 0.251 e. The maximum Gasteiger partial charge on any atom is 0.251 e. The highest BCUT2D eigenvalue weighted by atomic mass is 16.1. The summed E-state index contributed by atoms with van der Waals surface area (Å²) in [6.07, 6.45) is 0. The first-order valence-corrected chi connectivity index (χ1v) is 5.69. The summed E-state index contributed by atoms with van der Waals surface area (Å²) in [6.45, 7) is 5.80. The lowest BCUT2D eigenvalue weighted by atomic mass is 10.1. The summed E-state index contributed by atoms with van der Waals surface area (Å²) in [5.41, 5.74) is 2.89. The predicted molar refractivity (Wildman–Crippen MR) is 66.0 cm³/mol. The first kappa shape index (κ1) is 12.2. The second-order valence-corrected chi connectivity index (χ2v) is 4.26. The van der Waals surface area contributed by atoms with Crippen LogP contribution in [-0.2, 0) is 0 Å². The van der Waals surface area contributed by atoms with E-state index in [1.165, 1.54) is 0 Å². The predicted octanol–water partition coefficient (Wildman–Crippen LogP) is 1.31. The minimum Gasteiger partial charge on any atom is -0.342 e. The number of aromatic amines is 1. The standard InChI is InChI=1S/C12H15N5O/c1-7-4-5-10(6-8(7)2)12(18)13-9(3)11-14-16-17-15-11/h4-6,9H,1-3H3,(H,13,18)(H,14,15,16,17). The molecule has 1 atom stereocenters. The van der Waals surface area contributed by atoms with Crippen molar-refractivity contribution in [2.24, 2.45) is 0 Å². The average Bonchev–Trinajstić information content (AvgIpc) is 2.86. The summed E-state index contributed by atoms with van der Waals surface area (Å²) >= 11 is 0. The van der Waals surface area contributed by atoms with Crippen LogP contribution in [0.5, 0.6) is 0 Å². The number of carbonyl (C=O) groups excluding carboxylic acids is 1. The molecular weight excluding hydrogens is 230 g/mol. The highest BCUT2D eigenvalue weighted by molar-refractivity contribution is 5.94. The minimum absolute atomic E-state index is 0.143. The van der Waals surface area contributed by atoms with Crippen molar-refractivity contribution < 1.29 is 4.79 Å². The molecule has 0 aliphatic rings. The van der Waals surface area contributed by atoms with E-state index in [1.807, 2.05) is 32.9 Å². The molecule has 0 radical (unpaired) electrons. The quantitative estimate of drug-likeness (QED) is 0.854. The van der Waals surface area contributed by atoms with Gasteiger partial charge in [-0.3, -0.25) is 4.79 Å². The molecule has 0 aliphatic carbocycles. The Morgan fingerprint density at radius 3 is 2.72 bits per heavy atom. The van der Waals surface area contributed by atoms with Gasteiger partial charge in [-0.15, -0.1) is 10.2 Å². The highest BCUT2D eigenvalue weighted by Crippen LogP contribution is 2.11. The number of benzene rings is 1. The first-order chi connectivity index (χ1) is 8.58. The maximum absolute atomic E-state index is 12.0. The van der Waals surface area contributed by atoms with Crippen molar-refractivity contribution in [3.63, 3.8) is 0 Å². The van der Waals surface area contributed by atoms with Crippen LogP contribution in [0.25, 0.3) is 0 Å². The van der Waals surface area contributed by atoms with Crippen molar-refractivity contribution in [3.8, 4) is 0 Å². The van der Waals surface area contributed by atoms with Crippen LogP contribution in [0.1, 0.15) is 40.3 Å². The van der Waals surface area contributed by atoms with Crippen LogP contribution in [0.4, 0.5) is 0 Å². The van der Waals surface area contributed by atoms with Gasteiger partial charge in [-0.25, -0.2) is 0 Å². The van der Waals surface area contributed by atoms with Gasteiger partial charge >= 0.3 is 0 Å². The Morgan fingerprint density at radius 1 is 1.33 bits per heavy atom. The van der Waals surface area contributed by atoms with E-state index in [2.05, 4.69) is 25.9 Å². The summed E-state index contributed by atoms with van der Waals surface area (Å²) in [7, 11) is 0. The second kappa shape index (κ2) is 4.95. The van der Waals surface area contributed by atoms with Gasteiger partial charge in [0, 0.05) is 5.56 Å². The number of H-pyrrole nitrogens is 1. The average molecular weight is 245 g/mol. The SMILES string of the molecule is Cc1ccc(C(=O)NC(C)c2nn[nH]n2)cc1C. The molecule has 1 aromatic heterocycles. The molecule has 2 rings (SSSR count). The Kier molecular flexibility index (Phi) is 3.36. The molecule has 1 heterocycles. The fourth-order valence-electron chi connectivity index (χ4n) is 1.58.